The minimum atomic E-state index is -1.99. The zero-order valence-electron chi connectivity index (χ0n) is 23.7. The van der Waals surface area contributed by atoms with Gasteiger partial charge in [0, 0.05) is 22.6 Å². The van der Waals surface area contributed by atoms with Crippen LogP contribution >= 0.6 is 0 Å². The van der Waals surface area contributed by atoms with Crippen molar-refractivity contribution in [1.29, 1.82) is 0 Å². The third kappa shape index (κ3) is 5.57. The Labute approximate surface area is 209 Å². The lowest BCUT2D eigenvalue weighted by atomic mass is 9.68. The van der Waals surface area contributed by atoms with Gasteiger partial charge in [0.15, 0.2) is 19.8 Å². The topological polar surface area (TPSA) is 36.9 Å². The normalized spacial score (nSPS) is 21.8. The molecule has 4 nitrogen and oxygen atoms in total. The molecule has 192 valence electrons. The molecule has 1 aliphatic rings. The molecule has 1 aromatic rings. The summed E-state index contributed by atoms with van der Waals surface area (Å²) in [4.78, 5) is 0. The van der Waals surface area contributed by atoms with E-state index in [0.717, 1.165) is 41.2 Å². The highest BCUT2D eigenvalue weighted by Crippen LogP contribution is 2.57. The number of methoxy groups -OCH3 is 3. The standard InChI is InChI=1S/C29H48O4Si/c1-18(2)15-14-16-19(3)23-22(33-34(12,13)29(6,7)8)17-20(4)24-25(23)26(30-9)21(5)27(31-10)28(24)32-11/h14-15,19-20,22-23H,1,16-17H2,2-13H3/b15-14-/t19-,20-,22-,23-/m0/s1. The van der Waals surface area contributed by atoms with Gasteiger partial charge in [-0.25, -0.2) is 0 Å². The third-order valence-electron chi connectivity index (χ3n) is 7.87. The van der Waals surface area contributed by atoms with Crippen LogP contribution in [0.4, 0.5) is 0 Å². The Morgan fingerprint density at radius 3 is 2.09 bits per heavy atom. The Bertz CT molecular complexity index is 910. The molecule has 0 aliphatic heterocycles. The van der Waals surface area contributed by atoms with E-state index in [1.807, 2.05) is 6.92 Å². The van der Waals surface area contributed by atoms with Crippen LogP contribution in [0.1, 0.15) is 82.9 Å². The number of hydrogen-bond acceptors (Lipinski definition) is 4. The van der Waals surface area contributed by atoms with Crippen molar-refractivity contribution in [3.8, 4) is 17.2 Å². The molecule has 0 aromatic heterocycles. The zero-order chi connectivity index (χ0) is 26.0. The minimum Gasteiger partial charge on any atom is -0.496 e. The van der Waals surface area contributed by atoms with Crippen LogP contribution < -0.4 is 14.2 Å². The fraction of sp³-hybridized carbons (Fsp3) is 0.655. The lowest BCUT2D eigenvalue weighted by Gasteiger charge is -2.47. The van der Waals surface area contributed by atoms with E-state index in [1.165, 1.54) is 11.1 Å². The first-order chi connectivity index (χ1) is 15.7. The van der Waals surface area contributed by atoms with Crippen LogP contribution in [0.25, 0.3) is 0 Å². The molecule has 0 radical (unpaired) electrons. The van der Waals surface area contributed by atoms with Crippen molar-refractivity contribution in [2.75, 3.05) is 21.3 Å². The molecule has 0 spiro atoms. The molecule has 0 heterocycles. The number of rotatable bonds is 9. The van der Waals surface area contributed by atoms with Gasteiger partial charge in [-0.1, -0.05) is 58.9 Å². The molecule has 0 saturated heterocycles. The zero-order valence-corrected chi connectivity index (χ0v) is 24.7. The molecule has 1 aliphatic carbocycles. The van der Waals surface area contributed by atoms with Crippen molar-refractivity contribution >= 4 is 8.32 Å². The van der Waals surface area contributed by atoms with Gasteiger partial charge < -0.3 is 18.6 Å². The van der Waals surface area contributed by atoms with Crippen molar-refractivity contribution in [3.05, 3.63) is 41.0 Å². The Morgan fingerprint density at radius 1 is 1.06 bits per heavy atom. The lowest BCUT2D eigenvalue weighted by Crippen LogP contribution is -2.47. The fourth-order valence-corrected chi connectivity index (χ4v) is 6.48. The molecular formula is C29H48O4Si. The first-order valence-corrected chi connectivity index (χ1v) is 15.4. The molecule has 1 aromatic carbocycles. The second kappa shape index (κ2) is 10.9. The average molecular weight is 489 g/mol. The van der Waals surface area contributed by atoms with Gasteiger partial charge in [0.05, 0.1) is 27.4 Å². The lowest BCUT2D eigenvalue weighted by molar-refractivity contribution is 0.100. The summed E-state index contributed by atoms with van der Waals surface area (Å²) in [5.74, 6) is 3.30. The van der Waals surface area contributed by atoms with Gasteiger partial charge in [0.1, 0.15) is 5.75 Å². The van der Waals surface area contributed by atoms with E-state index in [9.17, 15) is 0 Å². The summed E-state index contributed by atoms with van der Waals surface area (Å²) in [6, 6.07) is 0. The quantitative estimate of drug-likeness (QED) is 0.259. The summed E-state index contributed by atoms with van der Waals surface area (Å²) in [7, 11) is 3.22. The van der Waals surface area contributed by atoms with E-state index >= 15 is 0 Å². The second-order valence-electron chi connectivity index (χ2n) is 11.6. The third-order valence-corrected chi connectivity index (χ3v) is 12.4. The number of benzene rings is 1. The number of fused-ring (bicyclic) bond motifs is 1. The van der Waals surface area contributed by atoms with Gasteiger partial charge in [-0.2, -0.15) is 0 Å². The highest BCUT2D eigenvalue weighted by molar-refractivity contribution is 6.74. The van der Waals surface area contributed by atoms with Gasteiger partial charge in [-0.3, -0.25) is 0 Å². The summed E-state index contributed by atoms with van der Waals surface area (Å²) in [5.41, 5.74) is 4.49. The smallest absolute Gasteiger partial charge is 0.192 e. The van der Waals surface area contributed by atoms with Gasteiger partial charge in [0.25, 0.3) is 0 Å². The minimum absolute atomic E-state index is 0.114. The van der Waals surface area contributed by atoms with E-state index < -0.39 is 8.32 Å². The maximum atomic E-state index is 7.17. The van der Waals surface area contributed by atoms with Gasteiger partial charge >= 0.3 is 0 Å². The molecule has 5 heteroatoms. The van der Waals surface area contributed by atoms with Gasteiger partial charge in [0.2, 0.25) is 0 Å². The SMILES string of the molecule is C=C(C)/C=C\C[C@H](C)[C@@H]1c2c(OC)c(C)c(OC)c(OC)c2[C@@H](C)C[C@@H]1O[Si](C)(C)C(C)(C)C. The average Bonchev–Trinajstić information content (AvgIpc) is 2.71. The first kappa shape index (κ1) is 28.5. The molecule has 4 atom stereocenters. The monoisotopic (exact) mass is 488 g/mol. The Morgan fingerprint density at radius 2 is 1.62 bits per heavy atom. The van der Waals surface area contributed by atoms with Crippen molar-refractivity contribution in [3.63, 3.8) is 0 Å². The van der Waals surface area contributed by atoms with E-state index in [0.29, 0.717) is 5.92 Å². The van der Waals surface area contributed by atoms with E-state index in [-0.39, 0.29) is 23.0 Å². The Balaban J connectivity index is 2.78. The summed E-state index contributed by atoms with van der Waals surface area (Å²) in [6.07, 6.45) is 6.37. The molecule has 0 amide bonds. The number of hydrogen-bond donors (Lipinski definition) is 0. The Kier molecular flexibility index (Phi) is 9.14. The van der Waals surface area contributed by atoms with E-state index in [2.05, 4.69) is 73.4 Å². The molecule has 0 N–H and O–H groups in total. The molecule has 0 unspecified atom stereocenters. The molecule has 0 bridgehead atoms. The maximum Gasteiger partial charge on any atom is 0.192 e. The van der Waals surface area contributed by atoms with Crippen molar-refractivity contribution < 1.29 is 18.6 Å². The molecule has 34 heavy (non-hydrogen) atoms. The van der Waals surface area contributed by atoms with Crippen molar-refractivity contribution in [2.45, 2.75) is 97.4 Å². The van der Waals surface area contributed by atoms with Crippen LogP contribution in [0.3, 0.4) is 0 Å². The molecule has 2 rings (SSSR count). The largest absolute Gasteiger partial charge is 0.496 e. The van der Waals surface area contributed by atoms with E-state index in [4.69, 9.17) is 18.6 Å². The van der Waals surface area contributed by atoms with Crippen molar-refractivity contribution in [1.82, 2.24) is 0 Å². The molecular weight excluding hydrogens is 440 g/mol. The maximum absolute atomic E-state index is 7.17. The number of allylic oxidation sites excluding steroid dienone is 3. The predicted octanol–water partition coefficient (Wildman–Crippen LogP) is 8.16. The highest BCUT2D eigenvalue weighted by Gasteiger charge is 2.47. The fourth-order valence-electron chi connectivity index (χ4n) is 5.13. The summed E-state index contributed by atoms with van der Waals surface area (Å²) in [5, 5.41) is 0.141. The van der Waals surface area contributed by atoms with Gasteiger partial charge in [-0.15, -0.1) is 0 Å². The van der Waals surface area contributed by atoms with Crippen LogP contribution in [0.15, 0.2) is 24.3 Å². The Hall–Kier alpha value is -1.72. The van der Waals surface area contributed by atoms with Crippen LogP contribution in [0.2, 0.25) is 18.1 Å². The van der Waals surface area contributed by atoms with Crippen LogP contribution in [-0.2, 0) is 4.43 Å². The first-order valence-electron chi connectivity index (χ1n) is 12.5. The summed E-state index contributed by atoms with van der Waals surface area (Å²) in [6.45, 7) is 24.4. The second-order valence-corrected chi connectivity index (χ2v) is 16.3. The molecule has 0 saturated carbocycles. The van der Waals surface area contributed by atoms with Crippen LogP contribution in [-0.4, -0.2) is 35.8 Å². The predicted molar refractivity (Wildman–Crippen MR) is 146 cm³/mol. The molecule has 0 fully saturated rings. The summed E-state index contributed by atoms with van der Waals surface area (Å²) >= 11 is 0. The van der Waals surface area contributed by atoms with Gasteiger partial charge in [-0.05, 0) is 56.7 Å². The van der Waals surface area contributed by atoms with Crippen LogP contribution in [0, 0.1) is 12.8 Å². The summed E-state index contributed by atoms with van der Waals surface area (Å²) < 4.78 is 25.1. The van der Waals surface area contributed by atoms with Crippen molar-refractivity contribution in [2.24, 2.45) is 5.92 Å². The van der Waals surface area contributed by atoms with E-state index in [1.54, 1.807) is 21.3 Å². The van der Waals surface area contributed by atoms with Crippen LogP contribution in [0.5, 0.6) is 17.2 Å². The highest BCUT2D eigenvalue weighted by atomic mass is 28.4. The number of ether oxygens (including phenoxy) is 3.